The number of aromatic nitrogens is 1. The monoisotopic (exact) mass is 247 g/mol. The van der Waals surface area contributed by atoms with Gasteiger partial charge in [0.15, 0.2) is 5.82 Å². The van der Waals surface area contributed by atoms with E-state index in [0.717, 1.165) is 0 Å². The number of carboxylic acids is 1. The summed E-state index contributed by atoms with van der Waals surface area (Å²) in [5.41, 5.74) is 0.0443. The number of aromatic carboxylic acids is 1. The van der Waals surface area contributed by atoms with Gasteiger partial charge in [-0.25, -0.2) is 9.18 Å². The second-order valence-corrected chi connectivity index (χ2v) is 3.73. The molecule has 0 bridgehead atoms. The lowest BCUT2D eigenvalue weighted by Crippen LogP contribution is -1.95. The minimum atomic E-state index is -1.24. The van der Waals surface area contributed by atoms with E-state index in [1.807, 2.05) is 0 Å². The van der Waals surface area contributed by atoms with Crippen molar-refractivity contribution in [3.63, 3.8) is 0 Å². The van der Waals surface area contributed by atoms with Gasteiger partial charge in [0.1, 0.15) is 0 Å². The Hall–Kier alpha value is -1.26. The Kier molecular flexibility index (Phi) is 2.32. The molecule has 78 valence electrons. The molecule has 6 heteroatoms. The van der Waals surface area contributed by atoms with Crippen LogP contribution < -0.4 is 0 Å². The van der Waals surface area contributed by atoms with Crippen molar-refractivity contribution in [2.75, 3.05) is 0 Å². The highest BCUT2D eigenvalue weighted by molar-refractivity contribution is 6.39. The Morgan fingerprint density at radius 1 is 1.40 bits per heavy atom. The smallest absolute Gasteiger partial charge is 0.337 e. The summed E-state index contributed by atoms with van der Waals surface area (Å²) in [7, 11) is 0. The van der Waals surface area contributed by atoms with E-state index < -0.39 is 11.8 Å². The number of H-pyrrole nitrogens is 1. The standard InChI is InChI=1S/C9H4Cl2FNO2/c10-4-1-5(11)8-6(7(4)12)3(2-13-8)9(14)15/h1-2,13H,(H,14,15). The third kappa shape index (κ3) is 1.46. The minimum Gasteiger partial charge on any atom is -0.478 e. The van der Waals surface area contributed by atoms with Crippen molar-refractivity contribution in [1.29, 1.82) is 0 Å². The Bertz CT molecular complexity index is 565. The number of carbonyl (C=O) groups is 1. The Morgan fingerprint density at radius 3 is 2.67 bits per heavy atom. The summed E-state index contributed by atoms with van der Waals surface area (Å²) in [4.78, 5) is 13.4. The van der Waals surface area contributed by atoms with E-state index in [0.29, 0.717) is 0 Å². The second kappa shape index (κ2) is 3.40. The van der Waals surface area contributed by atoms with Gasteiger partial charge in [-0.3, -0.25) is 0 Å². The van der Waals surface area contributed by atoms with Crippen molar-refractivity contribution in [2.24, 2.45) is 0 Å². The fourth-order valence-electron chi connectivity index (χ4n) is 1.37. The van der Waals surface area contributed by atoms with E-state index in [2.05, 4.69) is 4.98 Å². The molecule has 3 nitrogen and oxygen atoms in total. The maximum absolute atomic E-state index is 13.6. The average molecular weight is 248 g/mol. The van der Waals surface area contributed by atoms with E-state index in [-0.39, 0.29) is 26.5 Å². The molecular weight excluding hydrogens is 244 g/mol. The SMILES string of the molecule is O=C(O)c1c[nH]c2c(Cl)cc(Cl)c(F)c12. The highest BCUT2D eigenvalue weighted by Crippen LogP contribution is 2.32. The van der Waals surface area contributed by atoms with E-state index in [1.165, 1.54) is 12.3 Å². The zero-order valence-corrected chi connectivity index (χ0v) is 8.66. The molecule has 0 saturated carbocycles. The van der Waals surface area contributed by atoms with Crippen molar-refractivity contribution >= 4 is 40.1 Å². The van der Waals surface area contributed by atoms with Crippen LogP contribution in [0.15, 0.2) is 12.3 Å². The number of benzene rings is 1. The molecule has 1 aromatic carbocycles. The molecule has 2 N–H and O–H groups in total. The van der Waals surface area contributed by atoms with Gasteiger partial charge in [0, 0.05) is 6.20 Å². The fourth-order valence-corrected chi connectivity index (χ4v) is 1.89. The number of nitrogens with one attached hydrogen (secondary N) is 1. The fraction of sp³-hybridized carbons (Fsp3) is 0. The summed E-state index contributed by atoms with van der Waals surface area (Å²) in [6, 6.07) is 1.23. The summed E-state index contributed by atoms with van der Waals surface area (Å²) < 4.78 is 13.6. The first kappa shape index (κ1) is 10.3. The number of fused-ring (bicyclic) bond motifs is 1. The van der Waals surface area contributed by atoms with Crippen LogP contribution in [0.3, 0.4) is 0 Å². The summed E-state index contributed by atoms with van der Waals surface area (Å²) in [5, 5.41) is 8.69. The Labute approximate surface area is 93.4 Å². The summed E-state index contributed by atoms with van der Waals surface area (Å²) >= 11 is 11.3. The van der Waals surface area contributed by atoms with Crippen LogP contribution in [0.1, 0.15) is 10.4 Å². The number of rotatable bonds is 1. The van der Waals surface area contributed by atoms with Gasteiger partial charge in [0.2, 0.25) is 0 Å². The molecular formula is C9H4Cl2FNO2. The molecule has 0 aliphatic heterocycles. The molecule has 0 unspecified atom stereocenters. The maximum Gasteiger partial charge on any atom is 0.337 e. The molecule has 0 aliphatic rings. The van der Waals surface area contributed by atoms with Crippen LogP contribution in [0.25, 0.3) is 10.9 Å². The summed E-state index contributed by atoms with van der Waals surface area (Å²) in [6.45, 7) is 0. The molecule has 0 radical (unpaired) electrons. The second-order valence-electron chi connectivity index (χ2n) is 2.91. The van der Waals surface area contributed by atoms with Gasteiger partial charge in [0.05, 0.1) is 26.5 Å². The lowest BCUT2D eigenvalue weighted by Gasteiger charge is -2.00. The van der Waals surface area contributed by atoms with Gasteiger partial charge in [-0.1, -0.05) is 23.2 Å². The van der Waals surface area contributed by atoms with Crippen LogP contribution in [0.5, 0.6) is 0 Å². The predicted molar refractivity (Wildman–Crippen MR) is 55.2 cm³/mol. The first-order chi connectivity index (χ1) is 7.02. The van der Waals surface area contributed by atoms with E-state index in [1.54, 1.807) is 0 Å². The van der Waals surface area contributed by atoms with Crippen molar-refractivity contribution in [1.82, 2.24) is 4.98 Å². The van der Waals surface area contributed by atoms with Gasteiger partial charge in [-0.15, -0.1) is 0 Å². The zero-order chi connectivity index (χ0) is 11.2. The van der Waals surface area contributed by atoms with Gasteiger partial charge in [-0.05, 0) is 6.07 Å². The molecule has 0 aliphatic carbocycles. The highest BCUT2D eigenvalue weighted by Gasteiger charge is 2.18. The molecule has 0 fully saturated rings. The number of aromatic amines is 1. The first-order valence-corrected chi connectivity index (χ1v) is 4.66. The molecule has 0 saturated heterocycles. The number of halogens is 3. The molecule has 2 aromatic rings. The van der Waals surface area contributed by atoms with Crippen molar-refractivity contribution in [2.45, 2.75) is 0 Å². The van der Waals surface area contributed by atoms with Crippen LogP contribution in [0.2, 0.25) is 10.0 Å². The van der Waals surface area contributed by atoms with Crippen molar-refractivity contribution in [3.8, 4) is 0 Å². The van der Waals surface area contributed by atoms with Crippen LogP contribution in [-0.2, 0) is 0 Å². The van der Waals surface area contributed by atoms with Crippen molar-refractivity contribution < 1.29 is 14.3 Å². The van der Waals surface area contributed by atoms with Gasteiger partial charge < -0.3 is 10.1 Å². The third-order valence-electron chi connectivity index (χ3n) is 2.03. The molecule has 0 atom stereocenters. The van der Waals surface area contributed by atoms with Crippen molar-refractivity contribution in [3.05, 3.63) is 33.7 Å². The predicted octanol–water partition coefficient (Wildman–Crippen LogP) is 3.31. The number of hydrogen-bond donors (Lipinski definition) is 2. The topological polar surface area (TPSA) is 53.1 Å². The summed E-state index contributed by atoms with van der Waals surface area (Å²) in [6.07, 6.45) is 1.18. The zero-order valence-electron chi connectivity index (χ0n) is 7.14. The molecule has 0 amide bonds. The van der Waals surface area contributed by atoms with Crippen LogP contribution in [0.4, 0.5) is 4.39 Å². The van der Waals surface area contributed by atoms with E-state index >= 15 is 0 Å². The van der Waals surface area contributed by atoms with Crippen LogP contribution >= 0.6 is 23.2 Å². The molecule has 1 heterocycles. The quantitative estimate of drug-likeness (QED) is 0.760. The van der Waals surface area contributed by atoms with E-state index in [9.17, 15) is 9.18 Å². The lowest BCUT2D eigenvalue weighted by atomic mass is 10.1. The molecule has 0 spiro atoms. The largest absolute Gasteiger partial charge is 0.478 e. The van der Waals surface area contributed by atoms with Crippen LogP contribution in [0, 0.1) is 5.82 Å². The highest BCUT2D eigenvalue weighted by atomic mass is 35.5. The number of carboxylic acid groups (broad SMARTS) is 1. The molecule has 1 aromatic heterocycles. The first-order valence-electron chi connectivity index (χ1n) is 3.90. The van der Waals surface area contributed by atoms with Gasteiger partial charge in [0.25, 0.3) is 0 Å². The number of hydrogen-bond acceptors (Lipinski definition) is 1. The summed E-state index contributed by atoms with van der Waals surface area (Å²) in [5.74, 6) is -2.02. The van der Waals surface area contributed by atoms with E-state index in [4.69, 9.17) is 28.3 Å². The van der Waals surface area contributed by atoms with Gasteiger partial charge >= 0.3 is 5.97 Å². The minimum absolute atomic E-state index is 0.0972. The van der Waals surface area contributed by atoms with Crippen LogP contribution in [-0.4, -0.2) is 16.1 Å². The maximum atomic E-state index is 13.6. The molecule has 15 heavy (non-hydrogen) atoms. The third-order valence-corrected chi connectivity index (χ3v) is 2.61. The normalized spacial score (nSPS) is 10.9. The average Bonchev–Trinajstić information content (AvgIpc) is 2.58. The van der Waals surface area contributed by atoms with Gasteiger partial charge in [-0.2, -0.15) is 0 Å². The molecule has 2 rings (SSSR count). The Morgan fingerprint density at radius 2 is 2.07 bits per heavy atom. The Balaban J connectivity index is 2.95. The lowest BCUT2D eigenvalue weighted by molar-refractivity contribution is 0.0699.